The summed E-state index contributed by atoms with van der Waals surface area (Å²) in [4.78, 5) is 22.8. The molecule has 2 atom stereocenters. The lowest BCUT2D eigenvalue weighted by atomic mass is 10.00. The Bertz CT molecular complexity index is 299. The molecule has 1 amide bonds. The monoisotopic (exact) mass is 270 g/mol. The van der Waals surface area contributed by atoms with Crippen LogP contribution >= 0.6 is 0 Å². The third-order valence-corrected chi connectivity index (χ3v) is 3.47. The highest BCUT2D eigenvalue weighted by molar-refractivity contribution is 5.83. The van der Waals surface area contributed by atoms with Crippen molar-refractivity contribution in [3.8, 4) is 0 Å². The fourth-order valence-electron chi connectivity index (χ4n) is 2.44. The average molecular weight is 270 g/mol. The second kappa shape index (κ2) is 8.15. The van der Waals surface area contributed by atoms with Gasteiger partial charge in [-0.2, -0.15) is 0 Å². The molecule has 1 fully saturated rings. The van der Waals surface area contributed by atoms with Crippen LogP contribution in [0.5, 0.6) is 0 Å². The molecule has 1 aliphatic heterocycles. The van der Waals surface area contributed by atoms with Crippen LogP contribution in [0, 0.1) is 5.92 Å². The van der Waals surface area contributed by atoms with Crippen LogP contribution in [0.15, 0.2) is 0 Å². The largest absolute Gasteiger partial charge is 0.480 e. The Labute approximate surface area is 115 Å². The van der Waals surface area contributed by atoms with E-state index in [1.807, 2.05) is 13.8 Å². The summed E-state index contributed by atoms with van der Waals surface area (Å²) in [5.74, 6) is -0.848. The third kappa shape index (κ3) is 6.57. The maximum absolute atomic E-state index is 11.8. The highest BCUT2D eigenvalue weighted by Crippen LogP contribution is 2.12. The minimum absolute atomic E-state index is 0.152. The Balaban J connectivity index is 2.29. The molecule has 0 radical (unpaired) electrons. The van der Waals surface area contributed by atoms with Gasteiger partial charge >= 0.3 is 5.97 Å². The summed E-state index contributed by atoms with van der Waals surface area (Å²) in [6.07, 6.45) is 5.20. The lowest BCUT2D eigenvalue weighted by Crippen LogP contribution is -2.42. The first-order valence-electron chi connectivity index (χ1n) is 7.24. The summed E-state index contributed by atoms with van der Waals surface area (Å²) in [5, 5.41) is 15.1. The number of hydrogen-bond acceptors (Lipinski definition) is 3. The van der Waals surface area contributed by atoms with Crippen molar-refractivity contribution in [1.29, 1.82) is 0 Å². The lowest BCUT2D eigenvalue weighted by molar-refractivity contribution is -0.142. The molecular weight excluding hydrogens is 244 g/mol. The van der Waals surface area contributed by atoms with Crippen LogP contribution < -0.4 is 10.6 Å². The number of amides is 1. The minimum Gasteiger partial charge on any atom is -0.480 e. The quantitative estimate of drug-likeness (QED) is 0.655. The van der Waals surface area contributed by atoms with Gasteiger partial charge in [0.1, 0.15) is 6.04 Å². The van der Waals surface area contributed by atoms with Crippen LogP contribution in [0.1, 0.15) is 52.4 Å². The number of carbonyl (C=O) groups excluding carboxylic acids is 1. The average Bonchev–Trinajstić information content (AvgIpc) is 2.36. The van der Waals surface area contributed by atoms with E-state index in [0.29, 0.717) is 18.9 Å². The van der Waals surface area contributed by atoms with Crippen molar-refractivity contribution in [2.75, 3.05) is 6.54 Å². The molecule has 0 aliphatic carbocycles. The van der Waals surface area contributed by atoms with Gasteiger partial charge in [0.25, 0.3) is 0 Å². The molecule has 110 valence electrons. The molecular formula is C14H26N2O3. The topological polar surface area (TPSA) is 78.4 Å². The Kier molecular flexibility index (Phi) is 6.84. The van der Waals surface area contributed by atoms with Crippen LogP contribution in [0.4, 0.5) is 0 Å². The maximum atomic E-state index is 11.8. The van der Waals surface area contributed by atoms with Gasteiger partial charge in [0, 0.05) is 12.5 Å². The van der Waals surface area contributed by atoms with Gasteiger partial charge in [0.2, 0.25) is 5.91 Å². The Hall–Kier alpha value is -1.10. The minimum atomic E-state index is -0.946. The fourth-order valence-corrected chi connectivity index (χ4v) is 2.44. The van der Waals surface area contributed by atoms with Crippen LogP contribution in [0.25, 0.3) is 0 Å². The third-order valence-electron chi connectivity index (χ3n) is 3.47. The number of piperidine rings is 1. The Morgan fingerprint density at radius 3 is 2.63 bits per heavy atom. The zero-order chi connectivity index (χ0) is 14.3. The van der Waals surface area contributed by atoms with Crippen molar-refractivity contribution < 1.29 is 14.7 Å². The predicted molar refractivity (Wildman–Crippen MR) is 73.9 cm³/mol. The molecule has 19 heavy (non-hydrogen) atoms. The Morgan fingerprint density at radius 1 is 1.37 bits per heavy atom. The summed E-state index contributed by atoms with van der Waals surface area (Å²) >= 11 is 0. The molecule has 1 unspecified atom stereocenters. The number of carboxylic acids is 1. The molecule has 1 saturated heterocycles. The highest BCUT2D eigenvalue weighted by atomic mass is 16.4. The molecule has 0 saturated carbocycles. The summed E-state index contributed by atoms with van der Waals surface area (Å²) in [5.41, 5.74) is 0. The Morgan fingerprint density at radius 2 is 2.11 bits per heavy atom. The molecule has 0 aromatic heterocycles. The zero-order valence-electron chi connectivity index (χ0n) is 11.9. The van der Waals surface area contributed by atoms with E-state index in [2.05, 4.69) is 10.6 Å². The first-order valence-corrected chi connectivity index (χ1v) is 7.24. The zero-order valence-corrected chi connectivity index (χ0v) is 11.9. The van der Waals surface area contributed by atoms with Gasteiger partial charge in [0.15, 0.2) is 0 Å². The molecule has 0 spiro atoms. The number of rotatable bonds is 7. The van der Waals surface area contributed by atoms with Crippen LogP contribution in [-0.2, 0) is 9.59 Å². The number of nitrogens with one attached hydrogen (secondary N) is 2. The molecule has 0 aromatic carbocycles. The van der Waals surface area contributed by atoms with Crippen molar-refractivity contribution in [1.82, 2.24) is 10.6 Å². The SMILES string of the molecule is CC(C)C[C@@H](NC(=O)CCC1CCCCN1)C(=O)O. The van der Waals surface area contributed by atoms with Gasteiger partial charge in [-0.05, 0) is 38.1 Å². The van der Waals surface area contributed by atoms with Crippen LogP contribution in [0.3, 0.4) is 0 Å². The highest BCUT2D eigenvalue weighted by Gasteiger charge is 2.21. The van der Waals surface area contributed by atoms with Crippen LogP contribution in [0.2, 0.25) is 0 Å². The molecule has 3 N–H and O–H groups in total. The molecule has 0 aromatic rings. The number of carbonyl (C=O) groups is 2. The lowest BCUT2D eigenvalue weighted by Gasteiger charge is -2.23. The van der Waals surface area contributed by atoms with E-state index in [4.69, 9.17) is 5.11 Å². The van der Waals surface area contributed by atoms with Crippen molar-refractivity contribution >= 4 is 11.9 Å². The molecule has 5 nitrogen and oxygen atoms in total. The van der Waals surface area contributed by atoms with Crippen molar-refractivity contribution in [3.63, 3.8) is 0 Å². The summed E-state index contributed by atoms with van der Waals surface area (Å²) in [6, 6.07) is -0.348. The molecule has 5 heteroatoms. The van der Waals surface area contributed by atoms with E-state index >= 15 is 0 Å². The molecule has 1 aliphatic rings. The van der Waals surface area contributed by atoms with Crippen molar-refractivity contribution in [2.24, 2.45) is 5.92 Å². The van der Waals surface area contributed by atoms with Gasteiger partial charge in [-0.15, -0.1) is 0 Å². The standard InChI is InChI=1S/C14H26N2O3/c1-10(2)9-12(14(18)19)16-13(17)7-6-11-5-3-4-8-15-11/h10-12,15H,3-9H2,1-2H3,(H,16,17)(H,18,19)/t11?,12-/m1/s1. The van der Waals surface area contributed by atoms with E-state index in [9.17, 15) is 9.59 Å². The van der Waals surface area contributed by atoms with Gasteiger partial charge < -0.3 is 15.7 Å². The number of carboxylic acid groups (broad SMARTS) is 1. The summed E-state index contributed by atoms with van der Waals surface area (Å²) in [7, 11) is 0. The first kappa shape index (κ1) is 16.0. The van der Waals surface area contributed by atoms with Gasteiger partial charge in [0.05, 0.1) is 0 Å². The van der Waals surface area contributed by atoms with Crippen molar-refractivity contribution in [3.05, 3.63) is 0 Å². The van der Waals surface area contributed by atoms with E-state index in [1.54, 1.807) is 0 Å². The fraction of sp³-hybridized carbons (Fsp3) is 0.857. The molecule has 1 heterocycles. The summed E-state index contributed by atoms with van der Waals surface area (Å²) < 4.78 is 0. The first-order chi connectivity index (χ1) is 8.99. The van der Waals surface area contributed by atoms with Crippen molar-refractivity contribution in [2.45, 2.75) is 64.5 Å². The van der Waals surface area contributed by atoms with E-state index in [0.717, 1.165) is 19.4 Å². The van der Waals surface area contributed by atoms with E-state index in [-0.39, 0.29) is 11.8 Å². The molecule has 1 rings (SSSR count). The van der Waals surface area contributed by atoms with E-state index in [1.165, 1.54) is 12.8 Å². The number of hydrogen-bond donors (Lipinski definition) is 3. The number of aliphatic carboxylic acids is 1. The maximum Gasteiger partial charge on any atom is 0.326 e. The predicted octanol–water partition coefficient (Wildman–Crippen LogP) is 1.52. The second-order valence-electron chi connectivity index (χ2n) is 5.77. The van der Waals surface area contributed by atoms with Gasteiger partial charge in [-0.1, -0.05) is 20.3 Å². The summed E-state index contributed by atoms with van der Waals surface area (Å²) in [6.45, 7) is 4.93. The second-order valence-corrected chi connectivity index (χ2v) is 5.77. The normalized spacial score (nSPS) is 21.1. The van der Waals surface area contributed by atoms with E-state index < -0.39 is 12.0 Å². The van der Waals surface area contributed by atoms with Crippen LogP contribution in [-0.4, -0.2) is 35.6 Å². The van der Waals surface area contributed by atoms with Gasteiger partial charge in [-0.25, -0.2) is 4.79 Å². The van der Waals surface area contributed by atoms with Gasteiger partial charge in [-0.3, -0.25) is 4.79 Å². The molecule has 0 bridgehead atoms. The smallest absolute Gasteiger partial charge is 0.326 e.